The summed E-state index contributed by atoms with van der Waals surface area (Å²) in [4.78, 5) is 17.7. The SMILES string of the molecule is CCc1nc2cccc(C#CCO)c2c(=O)n1-c1ccccc1. The molecule has 0 spiro atoms. The zero-order valence-corrected chi connectivity index (χ0v) is 12.8. The largest absolute Gasteiger partial charge is 0.384 e. The van der Waals surface area contributed by atoms with Gasteiger partial charge in [0.25, 0.3) is 5.56 Å². The van der Waals surface area contributed by atoms with E-state index in [0.29, 0.717) is 28.7 Å². The number of hydrogen-bond acceptors (Lipinski definition) is 3. The van der Waals surface area contributed by atoms with Crippen LogP contribution in [-0.4, -0.2) is 21.3 Å². The van der Waals surface area contributed by atoms with Gasteiger partial charge in [0.1, 0.15) is 12.4 Å². The molecule has 0 saturated carbocycles. The highest BCUT2D eigenvalue weighted by Crippen LogP contribution is 2.16. The second-order valence-electron chi connectivity index (χ2n) is 5.02. The number of hydrogen-bond donors (Lipinski definition) is 1. The summed E-state index contributed by atoms with van der Waals surface area (Å²) in [5.41, 5.74) is 1.86. The van der Waals surface area contributed by atoms with Crippen LogP contribution in [0.15, 0.2) is 53.3 Å². The number of aliphatic hydroxyl groups is 1. The fourth-order valence-corrected chi connectivity index (χ4v) is 2.60. The fourth-order valence-electron chi connectivity index (χ4n) is 2.60. The molecule has 0 saturated heterocycles. The van der Waals surface area contributed by atoms with E-state index in [-0.39, 0.29) is 12.2 Å². The van der Waals surface area contributed by atoms with Crippen molar-refractivity contribution in [2.24, 2.45) is 0 Å². The number of aliphatic hydroxyl groups excluding tert-OH is 1. The molecule has 0 unspecified atom stereocenters. The summed E-state index contributed by atoms with van der Waals surface area (Å²) in [6, 6.07) is 14.9. The fraction of sp³-hybridized carbons (Fsp3) is 0.158. The van der Waals surface area contributed by atoms with Gasteiger partial charge < -0.3 is 5.11 Å². The van der Waals surface area contributed by atoms with Gasteiger partial charge in [-0.1, -0.05) is 43.0 Å². The summed E-state index contributed by atoms with van der Waals surface area (Å²) in [6.07, 6.45) is 0.645. The van der Waals surface area contributed by atoms with Crippen LogP contribution in [0, 0.1) is 11.8 Å². The van der Waals surface area contributed by atoms with Crippen molar-refractivity contribution >= 4 is 10.9 Å². The van der Waals surface area contributed by atoms with E-state index < -0.39 is 0 Å². The molecule has 1 heterocycles. The Balaban J connectivity index is 2.41. The van der Waals surface area contributed by atoms with E-state index in [0.717, 1.165) is 5.69 Å². The number of para-hydroxylation sites is 1. The van der Waals surface area contributed by atoms with E-state index in [1.165, 1.54) is 0 Å². The van der Waals surface area contributed by atoms with Crippen LogP contribution in [0.4, 0.5) is 0 Å². The molecule has 4 heteroatoms. The zero-order chi connectivity index (χ0) is 16.2. The molecule has 4 nitrogen and oxygen atoms in total. The van der Waals surface area contributed by atoms with E-state index >= 15 is 0 Å². The average Bonchev–Trinajstić information content (AvgIpc) is 2.60. The quantitative estimate of drug-likeness (QED) is 0.739. The van der Waals surface area contributed by atoms with E-state index in [4.69, 9.17) is 5.11 Å². The Kier molecular flexibility index (Phi) is 4.22. The number of rotatable bonds is 2. The minimum atomic E-state index is -0.246. The van der Waals surface area contributed by atoms with Crippen molar-refractivity contribution in [3.05, 3.63) is 70.3 Å². The molecule has 3 aromatic rings. The minimum Gasteiger partial charge on any atom is -0.384 e. The van der Waals surface area contributed by atoms with Gasteiger partial charge in [0.05, 0.1) is 16.6 Å². The maximum absolute atomic E-state index is 13.1. The molecule has 0 aliphatic heterocycles. The van der Waals surface area contributed by atoms with Crippen molar-refractivity contribution < 1.29 is 5.11 Å². The summed E-state index contributed by atoms with van der Waals surface area (Å²) in [5.74, 6) is 6.15. The molecule has 0 fully saturated rings. The van der Waals surface area contributed by atoms with Gasteiger partial charge in [-0.2, -0.15) is 0 Å². The molecule has 1 N–H and O–H groups in total. The van der Waals surface area contributed by atoms with E-state index in [1.807, 2.05) is 49.4 Å². The Morgan fingerprint density at radius 3 is 2.61 bits per heavy atom. The van der Waals surface area contributed by atoms with Crippen LogP contribution >= 0.6 is 0 Å². The number of fused-ring (bicyclic) bond motifs is 1. The molecular formula is C19H16N2O2. The van der Waals surface area contributed by atoms with Gasteiger partial charge in [-0.15, -0.1) is 0 Å². The Labute approximate surface area is 134 Å². The Bertz CT molecular complexity index is 964. The molecule has 23 heavy (non-hydrogen) atoms. The average molecular weight is 304 g/mol. The minimum absolute atomic E-state index is 0.138. The van der Waals surface area contributed by atoms with Gasteiger partial charge in [0.15, 0.2) is 0 Å². The van der Waals surface area contributed by atoms with Crippen molar-refractivity contribution in [3.8, 4) is 17.5 Å². The lowest BCUT2D eigenvalue weighted by molar-refractivity contribution is 0.350. The third-order valence-electron chi connectivity index (χ3n) is 3.60. The van der Waals surface area contributed by atoms with Crippen molar-refractivity contribution in [1.29, 1.82) is 0 Å². The standard InChI is InChI=1S/C19H16N2O2/c1-2-17-20-16-12-6-8-14(9-7-13-22)18(16)19(23)21(17)15-10-4-3-5-11-15/h3-6,8,10-12,22H,2,13H2,1H3. The molecule has 2 aromatic carbocycles. The first-order chi connectivity index (χ1) is 11.3. The summed E-state index contributed by atoms with van der Waals surface area (Å²) in [5, 5.41) is 9.39. The molecule has 0 aliphatic carbocycles. The maximum Gasteiger partial charge on any atom is 0.267 e. The van der Waals surface area contributed by atoms with Gasteiger partial charge in [-0.25, -0.2) is 4.98 Å². The highest BCUT2D eigenvalue weighted by atomic mass is 16.2. The molecule has 3 rings (SSSR count). The Morgan fingerprint density at radius 1 is 1.13 bits per heavy atom. The number of nitrogens with zero attached hydrogens (tertiary/aromatic N) is 2. The molecule has 0 radical (unpaired) electrons. The van der Waals surface area contributed by atoms with Crippen LogP contribution in [-0.2, 0) is 6.42 Å². The van der Waals surface area contributed by atoms with Crippen molar-refractivity contribution in [3.63, 3.8) is 0 Å². The first-order valence-electron chi connectivity index (χ1n) is 7.46. The smallest absolute Gasteiger partial charge is 0.267 e. The van der Waals surface area contributed by atoms with Gasteiger partial charge in [-0.05, 0) is 24.3 Å². The van der Waals surface area contributed by atoms with E-state index in [2.05, 4.69) is 16.8 Å². The van der Waals surface area contributed by atoms with E-state index in [9.17, 15) is 4.79 Å². The molecule has 0 aliphatic rings. The molecule has 114 valence electrons. The predicted octanol–water partition coefficient (Wildman–Crippen LogP) is 2.29. The van der Waals surface area contributed by atoms with Crippen LogP contribution in [0.25, 0.3) is 16.6 Å². The number of benzene rings is 2. The van der Waals surface area contributed by atoms with Crippen LogP contribution in [0.2, 0.25) is 0 Å². The van der Waals surface area contributed by atoms with Crippen LogP contribution in [0.1, 0.15) is 18.3 Å². The number of aromatic nitrogens is 2. The molecule has 0 bridgehead atoms. The van der Waals surface area contributed by atoms with Crippen molar-refractivity contribution in [1.82, 2.24) is 9.55 Å². The highest BCUT2D eigenvalue weighted by molar-refractivity contribution is 5.84. The van der Waals surface area contributed by atoms with Gasteiger partial charge in [-0.3, -0.25) is 9.36 Å². The zero-order valence-electron chi connectivity index (χ0n) is 12.8. The lowest BCUT2D eigenvalue weighted by Gasteiger charge is -2.13. The van der Waals surface area contributed by atoms with Crippen LogP contribution < -0.4 is 5.56 Å². The second kappa shape index (κ2) is 6.47. The molecule has 0 amide bonds. The predicted molar refractivity (Wildman–Crippen MR) is 90.7 cm³/mol. The van der Waals surface area contributed by atoms with E-state index in [1.54, 1.807) is 10.6 Å². The van der Waals surface area contributed by atoms with Crippen LogP contribution in [0.5, 0.6) is 0 Å². The lowest BCUT2D eigenvalue weighted by Crippen LogP contribution is -2.24. The second-order valence-corrected chi connectivity index (χ2v) is 5.02. The lowest BCUT2D eigenvalue weighted by atomic mass is 10.1. The van der Waals surface area contributed by atoms with Crippen LogP contribution in [0.3, 0.4) is 0 Å². The van der Waals surface area contributed by atoms with Gasteiger partial charge >= 0.3 is 0 Å². The summed E-state index contributed by atoms with van der Waals surface area (Å²) >= 11 is 0. The molecule has 1 aromatic heterocycles. The number of aryl methyl sites for hydroxylation is 1. The summed E-state index contributed by atoms with van der Waals surface area (Å²) < 4.78 is 1.63. The Hall–Kier alpha value is -2.90. The summed E-state index contributed by atoms with van der Waals surface area (Å²) in [6.45, 7) is 1.73. The normalized spacial score (nSPS) is 10.3. The summed E-state index contributed by atoms with van der Waals surface area (Å²) in [7, 11) is 0. The molecule has 0 atom stereocenters. The third-order valence-corrected chi connectivity index (χ3v) is 3.60. The van der Waals surface area contributed by atoms with Gasteiger partial charge in [0.2, 0.25) is 0 Å². The first-order valence-corrected chi connectivity index (χ1v) is 7.46. The Morgan fingerprint density at radius 2 is 1.91 bits per heavy atom. The topological polar surface area (TPSA) is 55.1 Å². The van der Waals surface area contributed by atoms with Crippen molar-refractivity contribution in [2.45, 2.75) is 13.3 Å². The van der Waals surface area contributed by atoms with Crippen molar-refractivity contribution in [2.75, 3.05) is 6.61 Å². The van der Waals surface area contributed by atoms with Gasteiger partial charge in [0, 0.05) is 12.0 Å². The monoisotopic (exact) mass is 304 g/mol. The maximum atomic E-state index is 13.1. The third kappa shape index (κ3) is 2.75. The highest BCUT2D eigenvalue weighted by Gasteiger charge is 2.13. The first kappa shape index (κ1) is 15.0. The molecular weight excluding hydrogens is 288 g/mol.